The number of halogens is 2. The van der Waals surface area contributed by atoms with Crippen molar-refractivity contribution in [3.05, 3.63) is 58.7 Å². The first-order chi connectivity index (χ1) is 12.7. The van der Waals surface area contributed by atoms with E-state index in [-0.39, 0.29) is 18.1 Å². The summed E-state index contributed by atoms with van der Waals surface area (Å²) in [6.07, 6.45) is 7.97. The van der Waals surface area contributed by atoms with Crippen LogP contribution in [0.4, 0.5) is 8.78 Å². The second-order valence-corrected chi connectivity index (χ2v) is 7.31. The van der Waals surface area contributed by atoms with E-state index in [1.807, 2.05) is 12.1 Å². The fraction of sp³-hybridized carbons (Fsp3) is 0.455. The average Bonchev–Trinajstić information content (AvgIpc) is 2.71. The molecule has 2 aromatic carbocycles. The van der Waals surface area contributed by atoms with Crippen LogP contribution in [0.15, 0.2) is 30.3 Å². The fourth-order valence-electron chi connectivity index (χ4n) is 4.00. The molecule has 0 atom stereocenters. The van der Waals surface area contributed by atoms with Crippen molar-refractivity contribution in [3.63, 3.8) is 0 Å². The first-order valence-electron chi connectivity index (χ1n) is 9.57. The third kappa shape index (κ3) is 3.55. The van der Waals surface area contributed by atoms with E-state index in [0.29, 0.717) is 24.5 Å². The Morgan fingerprint density at radius 2 is 1.73 bits per heavy atom. The highest BCUT2D eigenvalue weighted by Gasteiger charge is 2.23. The molecule has 0 bridgehead atoms. The van der Waals surface area contributed by atoms with Crippen molar-refractivity contribution in [3.8, 4) is 11.5 Å². The summed E-state index contributed by atoms with van der Waals surface area (Å²) in [6.45, 7) is 0.651. The van der Waals surface area contributed by atoms with Gasteiger partial charge >= 0.3 is 0 Å². The van der Waals surface area contributed by atoms with Gasteiger partial charge in [-0.15, -0.1) is 0 Å². The smallest absolute Gasteiger partial charge is 0.204 e. The zero-order valence-electron chi connectivity index (χ0n) is 14.9. The Hall–Kier alpha value is -2.10. The minimum atomic E-state index is -0.968. The van der Waals surface area contributed by atoms with E-state index in [1.165, 1.54) is 37.7 Å². The summed E-state index contributed by atoms with van der Waals surface area (Å²) in [5, 5.41) is 0. The van der Waals surface area contributed by atoms with Crippen molar-refractivity contribution in [2.24, 2.45) is 0 Å². The first-order valence-corrected chi connectivity index (χ1v) is 9.57. The van der Waals surface area contributed by atoms with Crippen molar-refractivity contribution < 1.29 is 18.3 Å². The third-order valence-electron chi connectivity index (χ3n) is 5.49. The van der Waals surface area contributed by atoms with Gasteiger partial charge in [-0.25, -0.2) is 0 Å². The minimum Gasteiger partial charge on any atom is -0.490 e. The molecule has 26 heavy (non-hydrogen) atoms. The molecule has 1 aliphatic heterocycles. The van der Waals surface area contributed by atoms with Gasteiger partial charge in [-0.1, -0.05) is 43.5 Å². The molecule has 1 fully saturated rings. The van der Waals surface area contributed by atoms with Crippen LogP contribution < -0.4 is 9.47 Å². The largest absolute Gasteiger partial charge is 0.490 e. The van der Waals surface area contributed by atoms with Crippen LogP contribution in [0.25, 0.3) is 0 Å². The van der Waals surface area contributed by atoms with Gasteiger partial charge in [0.2, 0.25) is 11.6 Å². The summed E-state index contributed by atoms with van der Waals surface area (Å²) in [4.78, 5) is 0. The van der Waals surface area contributed by atoms with Crippen molar-refractivity contribution in [1.82, 2.24) is 0 Å². The molecule has 0 amide bonds. The quantitative estimate of drug-likeness (QED) is 0.676. The molecule has 0 N–H and O–H groups in total. The Balaban J connectivity index is 1.44. The number of benzene rings is 2. The number of ether oxygens (including phenoxy) is 2. The predicted molar refractivity (Wildman–Crippen MR) is 96.8 cm³/mol. The molecule has 2 nitrogen and oxygen atoms in total. The van der Waals surface area contributed by atoms with Crippen molar-refractivity contribution in [2.75, 3.05) is 6.61 Å². The minimum absolute atomic E-state index is 0.0388. The molecule has 1 aliphatic carbocycles. The Morgan fingerprint density at radius 1 is 0.962 bits per heavy atom. The van der Waals surface area contributed by atoms with Gasteiger partial charge in [0.05, 0.1) is 6.61 Å². The van der Waals surface area contributed by atoms with Gasteiger partial charge in [-0.05, 0) is 48.8 Å². The lowest BCUT2D eigenvalue weighted by Gasteiger charge is -2.22. The molecule has 1 saturated carbocycles. The molecule has 138 valence electrons. The van der Waals surface area contributed by atoms with E-state index in [0.717, 1.165) is 12.0 Å². The average molecular weight is 358 g/mol. The maximum atomic E-state index is 14.2. The molecule has 4 heteroatoms. The van der Waals surface area contributed by atoms with Gasteiger partial charge in [0, 0.05) is 5.56 Å². The number of fused-ring (bicyclic) bond motifs is 1. The maximum Gasteiger partial charge on any atom is 0.204 e. The molecule has 2 aliphatic rings. The fourth-order valence-corrected chi connectivity index (χ4v) is 4.00. The van der Waals surface area contributed by atoms with Gasteiger partial charge in [-0.2, -0.15) is 8.78 Å². The molecule has 0 spiro atoms. The zero-order valence-corrected chi connectivity index (χ0v) is 14.9. The molecule has 0 saturated heterocycles. The van der Waals surface area contributed by atoms with Crippen LogP contribution in [0, 0.1) is 11.6 Å². The lowest BCUT2D eigenvalue weighted by Crippen LogP contribution is -2.12. The van der Waals surface area contributed by atoms with Crippen molar-refractivity contribution in [2.45, 2.75) is 57.5 Å². The predicted octanol–water partition coefficient (Wildman–Crippen LogP) is 5.92. The van der Waals surface area contributed by atoms with Crippen molar-refractivity contribution in [1.29, 1.82) is 0 Å². The Kier molecular flexibility index (Phi) is 5.09. The summed E-state index contributed by atoms with van der Waals surface area (Å²) in [7, 11) is 0. The lowest BCUT2D eigenvalue weighted by atomic mass is 9.84. The molecule has 0 unspecified atom stereocenters. The SMILES string of the molecule is Fc1c(OCc2ccc(C3CCCCC3)cc2)cc2c(c1F)OCCC2. The summed E-state index contributed by atoms with van der Waals surface area (Å²) in [6, 6.07) is 9.92. The zero-order chi connectivity index (χ0) is 17.9. The number of rotatable bonds is 4. The van der Waals surface area contributed by atoms with Gasteiger partial charge in [0.1, 0.15) is 6.61 Å². The monoisotopic (exact) mass is 358 g/mol. The second kappa shape index (κ2) is 7.65. The van der Waals surface area contributed by atoms with Crippen LogP contribution in [0.1, 0.15) is 61.1 Å². The highest BCUT2D eigenvalue weighted by molar-refractivity contribution is 5.44. The van der Waals surface area contributed by atoms with Crippen LogP contribution in [-0.4, -0.2) is 6.61 Å². The molecule has 0 radical (unpaired) electrons. The highest BCUT2D eigenvalue weighted by atomic mass is 19.2. The molecular weight excluding hydrogens is 334 g/mol. The Bertz CT molecular complexity index is 765. The molecule has 0 aromatic heterocycles. The summed E-state index contributed by atoms with van der Waals surface area (Å²) in [5.41, 5.74) is 3.01. The van der Waals surface area contributed by atoms with E-state index in [1.54, 1.807) is 6.07 Å². The third-order valence-corrected chi connectivity index (χ3v) is 5.49. The number of aryl methyl sites for hydroxylation is 1. The summed E-state index contributed by atoms with van der Waals surface area (Å²) in [5.74, 6) is -1.25. The maximum absolute atomic E-state index is 14.2. The van der Waals surface area contributed by atoms with E-state index in [2.05, 4.69) is 12.1 Å². The topological polar surface area (TPSA) is 18.5 Å². The Morgan fingerprint density at radius 3 is 2.50 bits per heavy atom. The number of hydrogen-bond donors (Lipinski definition) is 0. The van der Waals surface area contributed by atoms with E-state index in [4.69, 9.17) is 9.47 Å². The van der Waals surface area contributed by atoms with Gasteiger partial charge in [0.25, 0.3) is 0 Å². The second-order valence-electron chi connectivity index (χ2n) is 7.31. The summed E-state index contributed by atoms with van der Waals surface area (Å²) >= 11 is 0. The standard InChI is InChI=1S/C22H24F2O2/c23-20-19(13-18-7-4-12-25-22(18)21(20)24)26-14-15-8-10-17(11-9-15)16-5-2-1-3-6-16/h8-11,13,16H,1-7,12,14H2. The van der Waals surface area contributed by atoms with E-state index < -0.39 is 11.6 Å². The van der Waals surface area contributed by atoms with Gasteiger partial charge in [-0.3, -0.25) is 0 Å². The molecular formula is C22H24F2O2. The van der Waals surface area contributed by atoms with Gasteiger partial charge < -0.3 is 9.47 Å². The first kappa shape index (κ1) is 17.3. The Labute approximate surface area is 153 Å². The van der Waals surface area contributed by atoms with E-state index in [9.17, 15) is 8.78 Å². The van der Waals surface area contributed by atoms with E-state index >= 15 is 0 Å². The summed E-state index contributed by atoms with van der Waals surface area (Å²) < 4.78 is 39.2. The van der Waals surface area contributed by atoms with Crippen molar-refractivity contribution >= 4 is 0 Å². The van der Waals surface area contributed by atoms with Gasteiger partial charge in [0.15, 0.2) is 11.5 Å². The van der Waals surface area contributed by atoms with Crippen LogP contribution >= 0.6 is 0 Å². The normalized spacial score (nSPS) is 17.5. The van der Waals surface area contributed by atoms with Crippen LogP contribution in [0.3, 0.4) is 0 Å². The van der Waals surface area contributed by atoms with Crippen LogP contribution in [-0.2, 0) is 13.0 Å². The highest BCUT2D eigenvalue weighted by Crippen LogP contribution is 2.36. The lowest BCUT2D eigenvalue weighted by molar-refractivity contribution is 0.252. The molecule has 4 rings (SSSR count). The number of hydrogen-bond acceptors (Lipinski definition) is 2. The van der Waals surface area contributed by atoms with Crippen LogP contribution in [0.2, 0.25) is 0 Å². The molecule has 1 heterocycles. The molecule has 2 aromatic rings. The van der Waals surface area contributed by atoms with Crippen LogP contribution in [0.5, 0.6) is 11.5 Å².